The largest absolute Gasteiger partial charge is 0.369 e. The Labute approximate surface area is 198 Å². The average Bonchev–Trinajstić information content (AvgIpc) is 3.15. The second-order valence-corrected chi connectivity index (χ2v) is 9.02. The lowest BCUT2D eigenvalue weighted by molar-refractivity contribution is -0.110. The van der Waals surface area contributed by atoms with Crippen molar-refractivity contribution in [1.29, 1.82) is 0 Å². The van der Waals surface area contributed by atoms with Gasteiger partial charge in [-0.1, -0.05) is 0 Å². The van der Waals surface area contributed by atoms with Crippen molar-refractivity contribution >= 4 is 23.0 Å². The molecule has 7 nitrogen and oxygen atoms in total. The van der Waals surface area contributed by atoms with Crippen molar-refractivity contribution in [3.05, 3.63) is 65.7 Å². The minimum atomic E-state index is -0.312. The number of hydrogen-bond donors (Lipinski definition) is 1. The maximum atomic E-state index is 14.9. The van der Waals surface area contributed by atoms with E-state index >= 15 is 0 Å². The number of anilines is 2. The number of aromatic nitrogens is 2. The Hall–Kier alpha value is -3.52. The van der Waals surface area contributed by atoms with E-state index in [4.69, 9.17) is 0 Å². The predicted molar refractivity (Wildman–Crippen MR) is 133 cm³/mol. The fraction of sp³-hybridized carbons (Fsp3) is 0.346. The Morgan fingerprint density at radius 2 is 1.79 bits per heavy atom. The zero-order chi connectivity index (χ0) is 23.7. The van der Waals surface area contributed by atoms with E-state index in [9.17, 15) is 9.18 Å². The van der Waals surface area contributed by atoms with Crippen LogP contribution in [0.4, 0.5) is 15.8 Å². The molecular formula is C26H29FN6O. The van der Waals surface area contributed by atoms with Gasteiger partial charge in [-0.3, -0.25) is 14.5 Å². The van der Waals surface area contributed by atoms with Gasteiger partial charge in [0.05, 0.1) is 6.20 Å². The summed E-state index contributed by atoms with van der Waals surface area (Å²) in [7, 11) is 3.93. The minimum Gasteiger partial charge on any atom is -0.369 e. The topological polar surface area (TPSA) is 65.8 Å². The molecule has 3 heterocycles. The highest BCUT2D eigenvalue weighted by atomic mass is 19.1. The molecule has 0 atom stereocenters. The number of fused-ring (bicyclic) bond motifs is 1. The number of halogens is 1. The van der Waals surface area contributed by atoms with Crippen LogP contribution in [0.3, 0.4) is 0 Å². The van der Waals surface area contributed by atoms with Gasteiger partial charge >= 0.3 is 0 Å². The number of nitrogens with one attached hydrogen (secondary N) is 1. The molecule has 1 N–H and O–H groups in total. The summed E-state index contributed by atoms with van der Waals surface area (Å²) < 4.78 is 16.5. The third kappa shape index (κ3) is 4.59. The molecule has 5 rings (SSSR count). The van der Waals surface area contributed by atoms with E-state index in [-0.39, 0.29) is 11.7 Å². The number of amides is 1. The van der Waals surface area contributed by atoms with E-state index in [1.165, 1.54) is 6.07 Å². The van der Waals surface area contributed by atoms with E-state index in [1.807, 2.05) is 24.3 Å². The molecular weight excluding hydrogens is 431 g/mol. The first-order valence-electron chi connectivity index (χ1n) is 11.7. The van der Waals surface area contributed by atoms with Crippen LogP contribution in [0.2, 0.25) is 0 Å². The molecule has 0 radical (unpaired) electrons. The lowest BCUT2D eigenvalue weighted by atomic mass is 9.95. The monoisotopic (exact) mass is 460 g/mol. The molecule has 1 amide bonds. The number of carbonyl (C=O) groups is 1. The molecule has 0 bridgehead atoms. The Balaban J connectivity index is 1.38. The Kier molecular flexibility index (Phi) is 6.15. The molecule has 3 aromatic rings. The highest BCUT2D eigenvalue weighted by Crippen LogP contribution is 2.29. The van der Waals surface area contributed by atoms with Crippen molar-refractivity contribution in [3.8, 4) is 11.1 Å². The first kappa shape index (κ1) is 22.3. The van der Waals surface area contributed by atoms with Gasteiger partial charge in [-0.2, -0.15) is 5.10 Å². The number of piperazine rings is 1. The molecule has 2 aromatic carbocycles. The van der Waals surface area contributed by atoms with Gasteiger partial charge in [-0.25, -0.2) is 4.39 Å². The summed E-state index contributed by atoms with van der Waals surface area (Å²) in [6.07, 6.45) is 4.84. The zero-order valence-corrected chi connectivity index (χ0v) is 19.6. The summed E-state index contributed by atoms with van der Waals surface area (Å²) in [5.74, 6) is -0.591. The molecule has 2 aliphatic heterocycles. The van der Waals surface area contributed by atoms with Crippen LogP contribution < -0.4 is 10.2 Å². The average molecular weight is 461 g/mol. The van der Waals surface area contributed by atoms with Crippen LogP contribution in [-0.2, 0) is 18.3 Å². The van der Waals surface area contributed by atoms with Crippen molar-refractivity contribution in [2.24, 2.45) is 12.0 Å². The van der Waals surface area contributed by atoms with Crippen LogP contribution >= 0.6 is 0 Å². The Morgan fingerprint density at radius 1 is 1.03 bits per heavy atom. The van der Waals surface area contributed by atoms with Crippen LogP contribution in [0.25, 0.3) is 11.1 Å². The first-order valence-corrected chi connectivity index (χ1v) is 11.7. The number of nitrogens with zero attached hydrogens (tertiary/aromatic N) is 5. The minimum absolute atomic E-state index is 0.278. The van der Waals surface area contributed by atoms with Gasteiger partial charge in [-0.15, -0.1) is 0 Å². The van der Waals surface area contributed by atoms with Crippen molar-refractivity contribution in [2.75, 3.05) is 50.0 Å². The number of benzene rings is 2. The molecule has 0 unspecified atom stereocenters. The van der Waals surface area contributed by atoms with Gasteiger partial charge in [0.15, 0.2) is 0 Å². The van der Waals surface area contributed by atoms with Crippen LogP contribution in [0.15, 0.2) is 53.8 Å². The van der Waals surface area contributed by atoms with Crippen molar-refractivity contribution in [2.45, 2.75) is 12.8 Å². The van der Waals surface area contributed by atoms with Crippen molar-refractivity contribution in [1.82, 2.24) is 14.7 Å². The molecule has 2 aliphatic rings. The van der Waals surface area contributed by atoms with Crippen LogP contribution in [-0.4, -0.2) is 66.1 Å². The summed E-state index contributed by atoms with van der Waals surface area (Å²) in [4.78, 5) is 22.5. The fourth-order valence-corrected chi connectivity index (χ4v) is 4.57. The second kappa shape index (κ2) is 9.38. The van der Waals surface area contributed by atoms with Gasteiger partial charge in [-0.05, 0) is 61.9 Å². The third-order valence-corrected chi connectivity index (χ3v) is 6.55. The highest BCUT2D eigenvalue weighted by Gasteiger charge is 2.23. The quantitative estimate of drug-likeness (QED) is 0.649. The second-order valence-electron chi connectivity index (χ2n) is 9.02. The van der Waals surface area contributed by atoms with Crippen LogP contribution in [0.1, 0.15) is 17.5 Å². The molecule has 176 valence electrons. The summed E-state index contributed by atoms with van der Waals surface area (Å²) >= 11 is 0. The van der Waals surface area contributed by atoms with E-state index in [0.717, 1.165) is 43.9 Å². The standard InChI is InChI=1S/C26H29FN6O/c1-31-10-12-33(13-11-31)21-7-5-20(6-8-21)30-26(34)25-23-15-22(19-16-29-32(2)17-19)24(27)14-18(23)4-3-9-28-25/h5-8,14-17H,3-4,9-13H2,1-2H3,(H,30,34). The zero-order valence-electron chi connectivity index (χ0n) is 19.6. The molecule has 8 heteroatoms. The molecule has 0 aliphatic carbocycles. The van der Waals surface area contributed by atoms with E-state index in [2.05, 4.69) is 32.3 Å². The van der Waals surface area contributed by atoms with Crippen LogP contribution in [0, 0.1) is 5.82 Å². The number of hydrogen-bond acceptors (Lipinski definition) is 5. The van der Waals surface area contributed by atoms with E-state index in [0.29, 0.717) is 41.1 Å². The maximum absolute atomic E-state index is 14.9. The summed E-state index contributed by atoms with van der Waals surface area (Å²) in [6.45, 7) is 4.60. The predicted octanol–water partition coefficient (Wildman–Crippen LogP) is 3.35. The van der Waals surface area contributed by atoms with Gasteiger partial charge < -0.3 is 15.1 Å². The number of rotatable bonds is 4. The lowest BCUT2D eigenvalue weighted by Crippen LogP contribution is -2.44. The lowest BCUT2D eigenvalue weighted by Gasteiger charge is -2.34. The molecule has 0 saturated carbocycles. The molecule has 1 fully saturated rings. The fourth-order valence-electron chi connectivity index (χ4n) is 4.57. The van der Waals surface area contributed by atoms with E-state index in [1.54, 1.807) is 30.2 Å². The molecule has 34 heavy (non-hydrogen) atoms. The Morgan fingerprint density at radius 3 is 2.50 bits per heavy atom. The van der Waals surface area contributed by atoms with E-state index < -0.39 is 0 Å². The summed E-state index contributed by atoms with van der Waals surface area (Å²) in [5, 5.41) is 7.14. The smallest absolute Gasteiger partial charge is 0.274 e. The number of aryl methyl sites for hydroxylation is 2. The Bertz CT molecular complexity index is 1220. The number of aliphatic imine (C=N–C) groups is 1. The number of likely N-dealkylation sites (N-methyl/N-ethyl adjacent to an activating group) is 1. The molecule has 1 aromatic heterocycles. The van der Waals surface area contributed by atoms with Gasteiger partial charge in [0.1, 0.15) is 11.5 Å². The van der Waals surface area contributed by atoms with Gasteiger partial charge in [0.25, 0.3) is 5.91 Å². The van der Waals surface area contributed by atoms with Gasteiger partial charge in [0, 0.05) is 74.0 Å². The maximum Gasteiger partial charge on any atom is 0.274 e. The van der Waals surface area contributed by atoms with Crippen molar-refractivity contribution < 1.29 is 9.18 Å². The third-order valence-electron chi connectivity index (χ3n) is 6.55. The number of carbonyl (C=O) groups excluding carboxylic acids is 1. The van der Waals surface area contributed by atoms with Gasteiger partial charge in [0.2, 0.25) is 0 Å². The first-order chi connectivity index (χ1) is 16.5. The highest BCUT2D eigenvalue weighted by molar-refractivity contribution is 6.49. The van der Waals surface area contributed by atoms with Crippen LogP contribution in [0.5, 0.6) is 0 Å². The summed E-state index contributed by atoms with van der Waals surface area (Å²) in [6, 6.07) is 11.2. The molecule has 1 saturated heterocycles. The molecule has 0 spiro atoms. The SMILES string of the molecule is CN1CCN(c2ccc(NC(=O)C3=NCCCc4cc(F)c(-c5cnn(C)c5)cc43)cc2)CC1. The van der Waals surface area contributed by atoms with Crippen molar-refractivity contribution in [3.63, 3.8) is 0 Å². The summed E-state index contributed by atoms with van der Waals surface area (Å²) in [5.41, 5.74) is 4.80. The normalized spacial score (nSPS) is 16.6.